The minimum atomic E-state index is 0.176. The van der Waals surface area contributed by atoms with Crippen LogP contribution in [-0.4, -0.2) is 12.0 Å². The molecule has 0 amide bonds. The van der Waals surface area contributed by atoms with Gasteiger partial charge in [-0.3, -0.25) is 0 Å². The zero-order valence-corrected chi connectivity index (χ0v) is 7.43. The molecule has 52 valence electrons. The molecule has 0 heterocycles. The predicted molar refractivity (Wildman–Crippen MR) is 45.6 cm³/mol. The summed E-state index contributed by atoms with van der Waals surface area (Å²) in [7, 11) is 0. The molecule has 0 aromatic rings. The van der Waals surface area contributed by atoms with Gasteiger partial charge < -0.3 is 0 Å². The molecule has 0 aliphatic rings. The van der Waals surface area contributed by atoms with Crippen LogP contribution in [-0.2, 0) is 0 Å². The molecule has 0 spiro atoms. The standard InChI is InChI=1S/C8H14S/c1-8(2,3)6-5-7-9-4/h7H2,1-4H3. The minimum Gasteiger partial charge on any atom is -0.152 e. The molecular formula is C8H14S. The predicted octanol–water partition coefficient (Wildman–Crippen LogP) is 2.40. The van der Waals surface area contributed by atoms with E-state index in [0.29, 0.717) is 0 Å². The Kier molecular flexibility index (Phi) is 3.81. The van der Waals surface area contributed by atoms with Gasteiger partial charge in [-0.15, -0.1) is 0 Å². The SMILES string of the molecule is CSCC#CC(C)(C)C. The Morgan fingerprint density at radius 3 is 2.22 bits per heavy atom. The van der Waals surface area contributed by atoms with Gasteiger partial charge in [-0.1, -0.05) is 11.8 Å². The second-order valence-electron chi connectivity index (χ2n) is 2.98. The molecule has 0 N–H and O–H groups in total. The van der Waals surface area contributed by atoms with E-state index in [4.69, 9.17) is 0 Å². The topological polar surface area (TPSA) is 0 Å². The molecule has 0 aliphatic carbocycles. The molecule has 0 saturated heterocycles. The first-order valence-electron chi connectivity index (χ1n) is 3.05. The van der Waals surface area contributed by atoms with Crippen LogP contribution in [0.5, 0.6) is 0 Å². The molecule has 0 saturated carbocycles. The molecule has 0 bridgehead atoms. The summed E-state index contributed by atoms with van der Waals surface area (Å²) in [6.45, 7) is 6.38. The van der Waals surface area contributed by atoms with Gasteiger partial charge in [0.05, 0.1) is 5.75 Å². The molecule has 0 nitrogen and oxygen atoms in total. The molecule has 0 atom stereocenters. The summed E-state index contributed by atoms with van der Waals surface area (Å²) in [5.41, 5.74) is 0.176. The van der Waals surface area contributed by atoms with E-state index in [0.717, 1.165) is 5.75 Å². The van der Waals surface area contributed by atoms with Gasteiger partial charge in [-0.2, -0.15) is 11.8 Å². The molecule has 0 radical (unpaired) electrons. The Hall–Kier alpha value is -0.0900. The van der Waals surface area contributed by atoms with Gasteiger partial charge in [0.15, 0.2) is 0 Å². The van der Waals surface area contributed by atoms with Crippen molar-refractivity contribution in [1.29, 1.82) is 0 Å². The average Bonchev–Trinajstić information content (AvgIpc) is 1.63. The third-order valence-corrected chi connectivity index (χ3v) is 1.11. The molecule has 0 aliphatic heterocycles. The van der Waals surface area contributed by atoms with Crippen molar-refractivity contribution in [2.45, 2.75) is 20.8 Å². The van der Waals surface area contributed by atoms with Gasteiger partial charge in [0.2, 0.25) is 0 Å². The van der Waals surface area contributed by atoms with Crippen LogP contribution < -0.4 is 0 Å². The van der Waals surface area contributed by atoms with Crippen molar-refractivity contribution < 1.29 is 0 Å². The van der Waals surface area contributed by atoms with E-state index < -0.39 is 0 Å². The Bertz CT molecular complexity index is 120. The zero-order chi connectivity index (χ0) is 7.33. The number of thioether (sulfide) groups is 1. The minimum absolute atomic E-state index is 0.176. The summed E-state index contributed by atoms with van der Waals surface area (Å²) in [6, 6.07) is 0. The smallest absolute Gasteiger partial charge is 0.0544 e. The molecule has 0 aromatic heterocycles. The van der Waals surface area contributed by atoms with E-state index in [1.54, 1.807) is 11.8 Å². The summed E-state index contributed by atoms with van der Waals surface area (Å²) in [6.07, 6.45) is 2.07. The van der Waals surface area contributed by atoms with Crippen LogP contribution in [0.2, 0.25) is 0 Å². The fourth-order valence-electron chi connectivity index (χ4n) is 0.373. The van der Waals surface area contributed by atoms with E-state index in [1.807, 2.05) is 0 Å². The third kappa shape index (κ3) is 7.91. The number of hydrogen-bond acceptors (Lipinski definition) is 1. The van der Waals surface area contributed by atoms with Gasteiger partial charge in [-0.05, 0) is 27.0 Å². The van der Waals surface area contributed by atoms with E-state index in [-0.39, 0.29) is 5.41 Å². The highest BCUT2D eigenvalue weighted by atomic mass is 32.2. The van der Waals surface area contributed by atoms with Crippen LogP contribution in [0.3, 0.4) is 0 Å². The zero-order valence-electron chi connectivity index (χ0n) is 6.62. The van der Waals surface area contributed by atoms with Crippen molar-refractivity contribution in [3.8, 4) is 11.8 Å². The summed E-state index contributed by atoms with van der Waals surface area (Å²) in [4.78, 5) is 0. The van der Waals surface area contributed by atoms with Crippen LogP contribution in [0.1, 0.15) is 20.8 Å². The van der Waals surface area contributed by atoms with Gasteiger partial charge in [-0.25, -0.2) is 0 Å². The van der Waals surface area contributed by atoms with Crippen molar-refractivity contribution in [2.24, 2.45) is 5.41 Å². The van der Waals surface area contributed by atoms with Crippen LogP contribution in [0.4, 0.5) is 0 Å². The lowest BCUT2D eigenvalue weighted by molar-refractivity contribution is 0.571. The van der Waals surface area contributed by atoms with Crippen LogP contribution in [0, 0.1) is 17.3 Å². The van der Waals surface area contributed by atoms with Crippen molar-refractivity contribution in [2.75, 3.05) is 12.0 Å². The summed E-state index contributed by atoms with van der Waals surface area (Å²) < 4.78 is 0. The van der Waals surface area contributed by atoms with Crippen molar-refractivity contribution >= 4 is 11.8 Å². The Balaban J connectivity index is 3.59. The van der Waals surface area contributed by atoms with Crippen molar-refractivity contribution in [3.05, 3.63) is 0 Å². The maximum atomic E-state index is 3.15. The highest BCUT2D eigenvalue weighted by molar-refractivity contribution is 7.98. The summed E-state index contributed by atoms with van der Waals surface area (Å²) in [5, 5.41) is 0. The first kappa shape index (κ1) is 8.91. The first-order valence-corrected chi connectivity index (χ1v) is 4.44. The normalized spacial score (nSPS) is 10.2. The Labute approximate surface area is 62.4 Å². The maximum Gasteiger partial charge on any atom is 0.0544 e. The van der Waals surface area contributed by atoms with E-state index >= 15 is 0 Å². The number of rotatable bonds is 1. The fourth-order valence-corrected chi connectivity index (χ4v) is 0.590. The van der Waals surface area contributed by atoms with Crippen LogP contribution >= 0.6 is 11.8 Å². The molecular weight excluding hydrogens is 128 g/mol. The Morgan fingerprint density at radius 1 is 1.33 bits per heavy atom. The summed E-state index contributed by atoms with van der Waals surface area (Å²) in [5.74, 6) is 7.20. The highest BCUT2D eigenvalue weighted by Gasteiger charge is 2.02. The highest BCUT2D eigenvalue weighted by Crippen LogP contribution is 2.09. The van der Waals surface area contributed by atoms with Gasteiger partial charge in [0.1, 0.15) is 0 Å². The van der Waals surface area contributed by atoms with E-state index in [1.165, 1.54) is 0 Å². The maximum absolute atomic E-state index is 3.15. The first-order chi connectivity index (χ1) is 4.06. The van der Waals surface area contributed by atoms with Gasteiger partial charge in [0, 0.05) is 5.41 Å². The van der Waals surface area contributed by atoms with Gasteiger partial charge >= 0.3 is 0 Å². The quantitative estimate of drug-likeness (QED) is 0.507. The van der Waals surface area contributed by atoms with Crippen molar-refractivity contribution in [1.82, 2.24) is 0 Å². The third-order valence-electron chi connectivity index (χ3n) is 0.680. The lowest BCUT2D eigenvalue weighted by Crippen LogP contribution is -1.99. The van der Waals surface area contributed by atoms with Crippen molar-refractivity contribution in [3.63, 3.8) is 0 Å². The lowest BCUT2D eigenvalue weighted by atomic mass is 9.98. The monoisotopic (exact) mass is 142 g/mol. The molecule has 0 rings (SSSR count). The molecule has 1 heteroatoms. The molecule has 0 aromatic carbocycles. The van der Waals surface area contributed by atoms with Crippen LogP contribution in [0.25, 0.3) is 0 Å². The Morgan fingerprint density at radius 2 is 1.89 bits per heavy atom. The lowest BCUT2D eigenvalue weighted by Gasteiger charge is -2.06. The van der Waals surface area contributed by atoms with E-state index in [2.05, 4.69) is 38.9 Å². The second-order valence-corrected chi connectivity index (χ2v) is 3.85. The average molecular weight is 142 g/mol. The van der Waals surface area contributed by atoms with Crippen LogP contribution in [0.15, 0.2) is 0 Å². The molecule has 0 unspecified atom stereocenters. The molecule has 9 heavy (non-hydrogen) atoms. The van der Waals surface area contributed by atoms with E-state index in [9.17, 15) is 0 Å². The summed E-state index contributed by atoms with van der Waals surface area (Å²) >= 11 is 1.77. The fraction of sp³-hybridized carbons (Fsp3) is 0.750. The molecule has 0 fully saturated rings. The second kappa shape index (κ2) is 3.85. The number of hydrogen-bond donors (Lipinski definition) is 0. The van der Waals surface area contributed by atoms with Gasteiger partial charge in [0.25, 0.3) is 0 Å². The largest absolute Gasteiger partial charge is 0.152 e.